The van der Waals surface area contributed by atoms with Crippen LogP contribution in [-0.2, 0) is 0 Å². The second kappa shape index (κ2) is 9.62. The zero-order chi connectivity index (χ0) is 19.1. The van der Waals surface area contributed by atoms with Crippen LogP contribution in [0.15, 0.2) is 46.9 Å². The number of halogens is 1. The normalized spacial score (nSPS) is 10.9. The quantitative estimate of drug-likeness (QED) is 0.577. The second-order valence-electron chi connectivity index (χ2n) is 6.79. The van der Waals surface area contributed by atoms with Gasteiger partial charge in [-0.2, -0.15) is 0 Å². The van der Waals surface area contributed by atoms with Gasteiger partial charge in [-0.15, -0.1) is 0 Å². The Bertz CT molecular complexity index is 744. The first kappa shape index (κ1) is 20.3. The van der Waals surface area contributed by atoms with E-state index < -0.39 is 0 Å². The van der Waals surface area contributed by atoms with E-state index >= 15 is 0 Å². The molecule has 4 nitrogen and oxygen atoms in total. The van der Waals surface area contributed by atoms with Crippen LogP contribution in [0, 0.1) is 5.92 Å². The first-order chi connectivity index (χ1) is 12.4. The van der Waals surface area contributed by atoms with Crippen molar-refractivity contribution in [1.82, 2.24) is 0 Å². The number of nitrogens with one attached hydrogen (secondary N) is 1. The topological polar surface area (TPSA) is 47.6 Å². The van der Waals surface area contributed by atoms with Crippen molar-refractivity contribution in [2.75, 3.05) is 11.9 Å². The van der Waals surface area contributed by atoms with Crippen LogP contribution in [0.3, 0.4) is 0 Å². The van der Waals surface area contributed by atoms with Crippen LogP contribution in [-0.4, -0.2) is 18.6 Å². The Morgan fingerprint density at radius 1 is 1.08 bits per heavy atom. The number of amides is 1. The van der Waals surface area contributed by atoms with Gasteiger partial charge in [0.25, 0.3) is 5.91 Å². The van der Waals surface area contributed by atoms with E-state index in [1.807, 2.05) is 44.2 Å². The third-order valence-electron chi connectivity index (χ3n) is 3.64. The van der Waals surface area contributed by atoms with Crippen LogP contribution in [0.4, 0.5) is 5.69 Å². The molecule has 5 heteroatoms. The van der Waals surface area contributed by atoms with E-state index in [2.05, 4.69) is 35.1 Å². The molecule has 0 spiro atoms. The van der Waals surface area contributed by atoms with E-state index in [1.165, 1.54) is 0 Å². The van der Waals surface area contributed by atoms with Crippen molar-refractivity contribution in [3.8, 4) is 11.5 Å². The first-order valence-electron chi connectivity index (χ1n) is 8.86. The van der Waals surface area contributed by atoms with E-state index in [0.717, 1.165) is 16.6 Å². The Kier molecular flexibility index (Phi) is 7.51. The molecule has 26 heavy (non-hydrogen) atoms. The third kappa shape index (κ3) is 6.06. The van der Waals surface area contributed by atoms with Crippen molar-refractivity contribution in [2.45, 2.75) is 40.2 Å². The number of ether oxygens (including phenoxy) is 2. The Hall–Kier alpha value is -2.01. The van der Waals surface area contributed by atoms with Gasteiger partial charge in [-0.05, 0) is 72.4 Å². The number of hydrogen-bond acceptors (Lipinski definition) is 3. The monoisotopic (exact) mass is 419 g/mol. The molecule has 0 saturated carbocycles. The maximum absolute atomic E-state index is 12.6. The summed E-state index contributed by atoms with van der Waals surface area (Å²) < 4.78 is 12.3. The smallest absolute Gasteiger partial charge is 0.255 e. The second-order valence-corrected chi connectivity index (χ2v) is 7.65. The summed E-state index contributed by atoms with van der Waals surface area (Å²) >= 11 is 3.49. The summed E-state index contributed by atoms with van der Waals surface area (Å²) in [5, 5.41) is 2.91. The molecule has 0 aliphatic heterocycles. The SMILES string of the molecule is CC(C)CCOc1ccc(C(=O)Nc2ccccc2OC(C)C)cc1Br. The van der Waals surface area contributed by atoms with Crippen molar-refractivity contribution < 1.29 is 14.3 Å². The molecule has 0 heterocycles. The fourth-order valence-electron chi connectivity index (χ4n) is 2.28. The lowest BCUT2D eigenvalue weighted by Crippen LogP contribution is -2.14. The molecule has 0 atom stereocenters. The Labute approximate surface area is 164 Å². The molecule has 1 amide bonds. The van der Waals surface area contributed by atoms with Gasteiger partial charge in [0, 0.05) is 5.56 Å². The molecule has 140 valence electrons. The number of para-hydroxylation sites is 2. The van der Waals surface area contributed by atoms with Gasteiger partial charge in [-0.1, -0.05) is 26.0 Å². The minimum Gasteiger partial charge on any atom is -0.492 e. The average Bonchev–Trinajstić information content (AvgIpc) is 2.57. The van der Waals surface area contributed by atoms with Crippen LogP contribution in [0.5, 0.6) is 11.5 Å². The Morgan fingerprint density at radius 2 is 1.81 bits per heavy atom. The highest BCUT2D eigenvalue weighted by atomic mass is 79.9. The zero-order valence-corrected chi connectivity index (χ0v) is 17.3. The summed E-state index contributed by atoms with van der Waals surface area (Å²) in [5.74, 6) is 1.79. The van der Waals surface area contributed by atoms with Crippen molar-refractivity contribution >= 4 is 27.5 Å². The summed E-state index contributed by atoms with van der Waals surface area (Å²) in [4.78, 5) is 12.6. The molecule has 0 unspecified atom stereocenters. The highest BCUT2D eigenvalue weighted by molar-refractivity contribution is 9.10. The fraction of sp³-hybridized carbons (Fsp3) is 0.381. The molecule has 0 radical (unpaired) electrons. The molecular formula is C21H26BrNO3. The molecule has 1 N–H and O–H groups in total. The Morgan fingerprint density at radius 3 is 2.46 bits per heavy atom. The van der Waals surface area contributed by atoms with Gasteiger partial charge in [0.2, 0.25) is 0 Å². The van der Waals surface area contributed by atoms with Gasteiger partial charge in [-0.3, -0.25) is 4.79 Å². The van der Waals surface area contributed by atoms with Gasteiger partial charge in [-0.25, -0.2) is 0 Å². The highest BCUT2D eigenvalue weighted by Crippen LogP contribution is 2.28. The van der Waals surface area contributed by atoms with E-state index in [1.54, 1.807) is 12.1 Å². The average molecular weight is 420 g/mol. The number of carbonyl (C=O) groups is 1. The van der Waals surface area contributed by atoms with Crippen molar-refractivity contribution in [2.24, 2.45) is 5.92 Å². The lowest BCUT2D eigenvalue weighted by Gasteiger charge is -2.15. The Balaban J connectivity index is 2.07. The molecule has 0 fully saturated rings. The number of anilines is 1. The van der Waals surface area contributed by atoms with Crippen LogP contribution in [0.1, 0.15) is 44.5 Å². The standard InChI is InChI=1S/C21H26BrNO3/c1-14(2)11-12-25-19-10-9-16(13-17(19)22)21(24)23-18-7-5-6-8-20(18)26-15(3)4/h5-10,13-15H,11-12H2,1-4H3,(H,23,24). The molecule has 0 bridgehead atoms. The number of rotatable bonds is 8. The summed E-state index contributed by atoms with van der Waals surface area (Å²) in [6.07, 6.45) is 1.02. The van der Waals surface area contributed by atoms with Crippen molar-refractivity contribution in [3.05, 3.63) is 52.5 Å². The molecular weight excluding hydrogens is 394 g/mol. The van der Waals surface area contributed by atoms with Crippen molar-refractivity contribution in [1.29, 1.82) is 0 Å². The van der Waals surface area contributed by atoms with Gasteiger partial charge >= 0.3 is 0 Å². The number of carbonyl (C=O) groups excluding carboxylic acids is 1. The predicted octanol–water partition coefficient (Wildman–Crippen LogP) is 5.91. The molecule has 2 aromatic carbocycles. The zero-order valence-electron chi connectivity index (χ0n) is 15.7. The summed E-state index contributed by atoms with van der Waals surface area (Å²) in [7, 11) is 0. The van der Waals surface area contributed by atoms with E-state index in [-0.39, 0.29) is 12.0 Å². The van der Waals surface area contributed by atoms with Gasteiger partial charge < -0.3 is 14.8 Å². The third-order valence-corrected chi connectivity index (χ3v) is 4.26. The first-order valence-corrected chi connectivity index (χ1v) is 9.65. The minimum atomic E-state index is -0.195. The molecule has 2 rings (SSSR count). The highest BCUT2D eigenvalue weighted by Gasteiger charge is 2.13. The summed E-state index contributed by atoms with van der Waals surface area (Å²) in [6.45, 7) is 8.88. The van der Waals surface area contributed by atoms with Gasteiger partial charge in [0.15, 0.2) is 0 Å². The molecule has 0 saturated heterocycles. The maximum atomic E-state index is 12.6. The van der Waals surface area contributed by atoms with Crippen LogP contribution in [0.25, 0.3) is 0 Å². The number of benzene rings is 2. The fourth-order valence-corrected chi connectivity index (χ4v) is 2.78. The summed E-state index contributed by atoms with van der Waals surface area (Å²) in [6, 6.07) is 12.8. The van der Waals surface area contributed by atoms with E-state index in [0.29, 0.717) is 29.5 Å². The van der Waals surface area contributed by atoms with Gasteiger partial charge in [0.1, 0.15) is 11.5 Å². The van der Waals surface area contributed by atoms with Crippen molar-refractivity contribution in [3.63, 3.8) is 0 Å². The van der Waals surface area contributed by atoms with E-state index in [4.69, 9.17) is 9.47 Å². The predicted molar refractivity (Wildman–Crippen MR) is 109 cm³/mol. The minimum absolute atomic E-state index is 0.0319. The lowest BCUT2D eigenvalue weighted by atomic mass is 10.1. The lowest BCUT2D eigenvalue weighted by molar-refractivity contribution is 0.102. The molecule has 2 aromatic rings. The van der Waals surface area contributed by atoms with Crippen LogP contribution >= 0.6 is 15.9 Å². The molecule has 0 aromatic heterocycles. The van der Waals surface area contributed by atoms with Gasteiger partial charge in [0.05, 0.1) is 22.9 Å². The number of hydrogen-bond donors (Lipinski definition) is 1. The van der Waals surface area contributed by atoms with E-state index in [9.17, 15) is 4.79 Å². The largest absolute Gasteiger partial charge is 0.492 e. The summed E-state index contributed by atoms with van der Waals surface area (Å²) in [5.41, 5.74) is 1.20. The molecule has 0 aliphatic rings. The molecule has 0 aliphatic carbocycles. The maximum Gasteiger partial charge on any atom is 0.255 e. The van der Waals surface area contributed by atoms with Crippen LogP contribution in [0.2, 0.25) is 0 Å². The van der Waals surface area contributed by atoms with Crippen LogP contribution < -0.4 is 14.8 Å².